The number of aliphatic hydroxyl groups is 1. The lowest BCUT2D eigenvalue weighted by molar-refractivity contribution is 0.0787. The molecule has 1 atom stereocenters. The van der Waals surface area contributed by atoms with E-state index in [1.54, 1.807) is 0 Å². The molecule has 2 heterocycles. The number of rotatable bonds is 4. The molecule has 0 spiro atoms. The number of nitrogens with zero attached hydrogens (tertiary/aromatic N) is 3. The topological polar surface area (TPSA) is 78.4 Å². The van der Waals surface area contributed by atoms with E-state index in [4.69, 9.17) is 0 Å². The van der Waals surface area contributed by atoms with E-state index in [-0.39, 0.29) is 35.2 Å². The number of likely N-dealkylation sites (tertiary alicyclic amines) is 1. The molecule has 1 aliphatic heterocycles. The minimum Gasteiger partial charge on any atom is -0.394 e. The number of aromatic nitrogens is 2. The van der Waals surface area contributed by atoms with E-state index in [0.717, 1.165) is 62.6 Å². The predicted molar refractivity (Wildman–Crippen MR) is 122 cm³/mol. The fraction of sp³-hybridized carbons (Fsp3) is 0.577. The fourth-order valence-electron chi connectivity index (χ4n) is 6.64. The van der Waals surface area contributed by atoms with Crippen LogP contribution < -0.4 is 5.32 Å². The van der Waals surface area contributed by atoms with Crippen molar-refractivity contribution in [3.05, 3.63) is 47.2 Å². The summed E-state index contributed by atoms with van der Waals surface area (Å²) in [6.45, 7) is 1.35. The van der Waals surface area contributed by atoms with Crippen molar-refractivity contribution in [1.82, 2.24) is 20.4 Å². The Morgan fingerprint density at radius 1 is 1.12 bits per heavy atom. The molecular formula is C26H30F2N4O2. The number of aliphatic hydroxyl groups excluding tert-OH is 1. The van der Waals surface area contributed by atoms with Gasteiger partial charge in [0, 0.05) is 18.5 Å². The maximum absolute atomic E-state index is 14.4. The molecule has 5 aliphatic rings. The van der Waals surface area contributed by atoms with Gasteiger partial charge in [-0.05, 0) is 87.0 Å². The third kappa shape index (κ3) is 3.41. The molecule has 2 saturated carbocycles. The normalized spacial score (nSPS) is 29.0. The molecule has 2 N–H and O–H groups in total. The second kappa shape index (κ2) is 7.97. The summed E-state index contributed by atoms with van der Waals surface area (Å²) in [4.78, 5) is 14.9. The van der Waals surface area contributed by atoms with Crippen molar-refractivity contribution >= 4 is 6.03 Å². The van der Waals surface area contributed by atoms with Gasteiger partial charge in [0.1, 0.15) is 11.6 Å². The summed E-state index contributed by atoms with van der Waals surface area (Å²) in [5.74, 6) is -0.657. The first-order chi connectivity index (χ1) is 16.4. The van der Waals surface area contributed by atoms with Gasteiger partial charge in [-0.1, -0.05) is 6.07 Å². The lowest BCUT2D eigenvalue weighted by Crippen LogP contribution is -2.55. The summed E-state index contributed by atoms with van der Waals surface area (Å²) in [6.07, 6.45) is 7.65. The van der Waals surface area contributed by atoms with Crippen LogP contribution in [0.1, 0.15) is 68.5 Å². The van der Waals surface area contributed by atoms with Gasteiger partial charge in [0.05, 0.1) is 29.1 Å². The van der Waals surface area contributed by atoms with Gasteiger partial charge in [0.15, 0.2) is 0 Å². The number of hydrogen-bond donors (Lipinski definition) is 2. The van der Waals surface area contributed by atoms with Gasteiger partial charge in [0.25, 0.3) is 0 Å². The lowest BCUT2D eigenvalue weighted by Gasteiger charge is -2.53. The number of piperidine rings is 1. The molecule has 1 aromatic heterocycles. The monoisotopic (exact) mass is 468 g/mol. The van der Waals surface area contributed by atoms with E-state index in [1.807, 2.05) is 11.0 Å². The number of carbonyl (C=O) groups is 1. The van der Waals surface area contributed by atoms with Crippen LogP contribution in [0.4, 0.5) is 13.6 Å². The average Bonchev–Trinajstić information content (AvgIpc) is 3.64. The SMILES string of the molecule is O=C(NC1(CO)CC1)N1CCC[C@H](C23CCC(CC2)c2cc(-c4c(F)cccc4F)nnc23)C1. The Hall–Kier alpha value is -2.61. The van der Waals surface area contributed by atoms with Gasteiger partial charge in [0.2, 0.25) is 0 Å². The van der Waals surface area contributed by atoms with Crippen LogP contribution in [0.25, 0.3) is 11.3 Å². The highest BCUT2D eigenvalue weighted by Crippen LogP contribution is 2.57. The first-order valence-corrected chi connectivity index (χ1v) is 12.5. The van der Waals surface area contributed by atoms with E-state index in [9.17, 15) is 18.7 Å². The summed E-state index contributed by atoms with van der Waals surface area (Å²) >= 11 is 0. The molecular weight excluding hydrogens is 438 g/mol. The van der Waals surface area contributed by atoms with Gasteiger partial charge in [-0.25, -0.2) is 13.6 Å². The zero-order valence-corrected chi connectivity index (χ0v) is 19.2. The quantitative estimate of drug-likeness (QED) is 0.702. The van der Waals surface area contributed by atoms with Crippen LogP contribution in [0.15, 0.2) is 24.3 Å². The van der Waals surface area contributed by atoms with Gasteiger partial charge in [-0.3, -0.25) is 0 Å². The number of benzene rings is 1. The highest BCUT2D eigenvalue weighted by Gasteiger charge is 2.52. The van der Waals surface area contributed by atoms with Crippen molar-refractivity contribution in [2.24, 2.45) is 5.92 Å². The fourth-order valence-corrected chi connectivity index (χ4v) is 6.64. The zero-order chi connectivity index (χ0) is 23.5. The molecule has 7 rings (SSSR count). The predicted octanol–water partition coefficient (Wildman–Crippen LogP) is 4.28. The Kier molecular flexibility index (Phi) is 5.13. The molecule has 180 valence electrons. The highest BCUT2D eigenvalue weighted by molar-refractivity contribution is 5.75. The van der Waals surface area contributed by atoms with Gasteiger partial charge in [-0.15, -0.1) is 0 Å². The van der Waals surface area contributed by atoms with E-state index >= 15 is 0 Å². The summed E-state index contributed by atoms with van der Waals surface area (Å²) in [5.41, 5.74) is 1.59. The summed E-state index contributed by atoms with van der Waals surface area (Å²) < 4.78 is 28.8. The molecule has 2 bridgehead atoms. The standard InChI is InChI=1S/C26H30F2N4O2/c27-19-4-1-5-20(28)22(19)21-13-18-16-6-8-26(9-7-16,23(18)31-30-21)17-3-2-12-32(14-17)24(34)29-25(15-33)10-11-25/h1,4-5,13,16-17,33H,2-3,6-12,14-15H2,(H,29,34)/t16?,17-,26?/m0/s1. The number of halogens is 2. The number of urea groups is 1. The van der Waals surface area contributed by atoms with Gasteiger partial charge < -0.3 is 15.3 Å². The number of fused-ring (bicyclic) bond motifs is 2. The molecule has 34 heavy (non-hydrogen) atoms. The van der Waals surface area contributed by atoms with Crippen LogP contribution in [-0.2, 0) is 5.41 Å². The van der Waals surface area contributed by atoms with E-state index in [0.29, 0.717) is 19.0 Å². The molecule has 1 saturated heterocycles. The van der Waals surface area contributed by atoms with Crippen LogP contribution in [-0.4, -0.2) is 51.5 Å². The number of nitrogens with one attached hydrogen (secondary N) is 1. The smallest absolute Gasteiger partial charge is 0.317 e. The summed E-state index contributed by atoms with van der Waals surface area (Å²) in [7, 11) is 0. The van der Waals surface area contributed by atoms with Gasteiger partial charge >= 0.3 is 6.03 Å². The zero-order valence-electron chi connectivity index (χ0n) is 19.2. The van der Waals surface area contributed by atoms with Crippen LogP contribution in [0.2, 0.25) is 0 Å². The third-order valence-corrected chi connectivity index (χ3v) is 8.85. The van der Waals surface area contributed by atoms with Crippen LogP contribution in [0, 0.1) is 17.6 Å². The van der Waals surface area contributed by atoms with Crippen LogP contribution in [0.5, 0.6) is 0 Å². The first kappa shape index (κ1) is 21.9. The van der Waals surface area contributed by atoms with Crippen molar-refractivity contribution in [2.45, 2.75) is 68.2 Å². The minimum atomic E-state index is -0.629. The number of hydrogen-bond acceptors (Lipinski definition) is 4. The second-order valence-electron chi connectivity index (χ2n) is 10.7. The molecule has 0 unspecified atom stereocenters. The van der Waals surface area contributed by atoms with Crippen molar-refractivity contribution in [1.29, 1.82) is 0 Å². The molecule has 8 heteroatoms. The van der Waals surface area contributed by atoms with Crippen molar-refractivity contribution in [3.8, 4) is 11.3 Å². The van der Waals surface area contributed by atoms with Crippen molar-refractivity contribution in [3.63, 3.8) is 0 Å². The van der Waals surface area contributed by atoms with Gasteiger partial charge in [-0.2, -0.15) is 10.2 Å². The third-order valence-electron chi connectivity index (χ3n) is 8.85. The first-order valence-electron chi connectivity index (χ1n) is 12.5. The molecule has 2 aromatic rings. The maximum Gasteiger partial charge on any atom is 0.317 e. The van der Waals surface area contributed by atoms with Crippen molar-refractivity contribution in [2.75, 3.05) is 19.7 Å². The molecule has 0 radical (unpaired) electrons. The Morgan fingerprint density at radius 2 is 1.85 bits per heavy atom. The Balaban J connectivity index is 1.30. The average molecular weight is 469 g/mol. The maximum atomic E-state index is 14.4. The Bertz CT molecular complexity index is 1110. The molecule has 3 fully saturated rings. The number of amides is 2. The summed E-state index contributed by atoms with van der Waals surface area (Å²) in [5, 5.41) is 21.6. The van der Waals surface area contributed by atoms with Crippen LogP contribution in [0.3, 0.4) is 0 Å². The largest absolute Gasteiger partial charge is 0.394 e. The van der Waals surface area contributed by atoms with E-state index < -0.39 is 17.2 Å². The van der Waals surface area contributed by atoms with E-state index in [2.05, 4.69) is 15.5 Å². The van der Waals surface area contributed by atoms with Crippen molar-refractivity contribution < 1.29 is 18.7 Å². The molecule has 2 amide bonds. The molecule has 1 aromatic carbocycles. The Labute approximate surface area is 197 Å². The Morgan fingerprint density at radius 3 is 2.53 bits per heavy atom. The highest BCUT2D eigenvalue weighted by atomic mass is 19.1. The van der Waals surface area contributed by atoms with E-state index in [1.165, 1.54) is 18.2 Å². The lowest BCUT2D eigenvalue weighted by atomic mass is 9.54. The van der Waals surface area contributed by atoms with Crippen LogP contribution >= 0.6 is 0 Å². The molecule has 4 aliphatic carbocycles. The summed E-state index contributed by atoms with van der Waals surface area (Å²) in [6, 6.07) is 5.61. The second-order valence-corrected chi connectivity index (χ2v) is 10.7. The minimum absolute atomic E-state index is 0.0186. The molecule has 6 nitrogen and oxygen atoms in total. The number of carbonyl (C=O) groups excluding carboxylic acids is 1.